The molecule has 1 heterocycles. The van der Waals surface area contributed by atoms with Crippen LogP contribution in [0.5, 0.6) is 0 Å². The van der Waals surface area contributed by atoms with E-state index in [1.165, 1.54) is 25.7 Å². The van der Waals surface area contributed by atoms with Crippen molar-refractivity contribution in [2.45, 2.75) is 52.2 Å². The van der Waals surface area contributed by atoms with Gasteiger partial charge in [0.1, 0.15) is 5.82 Å². The molecule has 0 saturated heterocycles. The summed E-state index contributed by atoms with van der Waals surface area (Å²) in [5.74, 6) is 1.72. The second-order valence-corrected chi connectivity index (χ2v) is 5.57. The summed E-state index contributed by atoms with van der Waals surface area (Å²) in [6, 6.07) is 4.54. The number of pyridine rings is 1. The van der Waals surface area contributed by atoms with Crippen LogP contribution in [-0.4, -0.2) is 23.2 Å². The van der Waals surface area contributed by atoms with Crippen molar-refractivity contribution in [2.75, 3.05) is 11.9 Å². The molecule has 0 amide bonds. The molecule has 2 rings (SSSR count). The number of hydrogen-bond donors (Lipinski definition) is 1. The predicted octanol–water partition coefficient (Wildman–Crippen LogP) is 2.90. The molecular formula is C15H24N2O. The minimum Gasteiger partial charge on any atom is -0.392 e. The SMILES string of the molecule is Cc1cc(CO)cc(N(C)C2CCCCC2C)n1. The van der Waals surface area contributed by atoms with Crippen LogP contribution in [-0.2, 0) is 6.61 Å². The van der Waals surface area contributed by atoms with E-state index < -0.39 is 0 Å². The van der Waals surface area contributed by atoms with Gasteiger partial charge in [-0.1, -0.05) is 19.8 Å². The molecule has 0 bridgehead atoms. The van der Waals surface area contributed by atoms with Gasteiger partial charge in [-0.15, -0.1) is 0 Å². The average Bonchev–Trinajstić information content (AvgIpc) is 2.37. The quantitative estimate of drug-likeness (QED) is 0.893. The Labute approximate surface area is 110 Å². The zero-order valence-electron chi connectivity index (χ0n) is 11.7. The number of aliphatic hydroxyl groups is 1. The molecule has 1 aliphatic rings. The van der Waals surface area contributed by atoms with Gasteiger partial charge in [0.25, 0.3) is 0 Å². The van der Waals surface area contributed by atoms with Crippen LogP contribution in [0, 0.1) is 12.8 Å². The molecule has 2 unspecified atom stereocenters. The molecule has 18 heavy (non-hydrogen) atoms. The number of aromatic nitrogens is 1. The Hall–Kier alpha value is -1.09. The summed E-state index contributed by atoms with van der Waals surface area (Å²) in [6.45, 7) is 4.41. The van der Waals surface area contributed by atoms with Gasteiger partial charge in [0.2, 0.25) is 0 Å². The van der Waals surface area contributed by atoms with Crippen molar-refractivity contribution in [3.05, 3.63) is 23.4 Å². The van der Waals surface area contributed by atoms with Gasteiger partial charge in [-0.25, -0.2) is 4.98 Å². The molecule has 0 radical (unpaired) electrons. The molecule has 2 atom stereocenters. The predicted molar refractivity (Wildman–Crippen MR) is 74.7 cm³/mol. The number of aliphatic hydroxyl groups excluding tert-OH is 1. The largest absolute Gasteiger partial charge is 0.392 e. The standard InChI is InChI=1S/C15H24N2O/c1-11-6-4-5-7-14(11)17(3)15-9-13(10-18)8-12(2)16-15/h8-9,11,14,18H,4-7,10H2,1-3H3. The van der Waals surface area contributed by atoms with Crippen molar-refractivity contribution >= 4 is 5.82 Å². The zero-order valence-corrected chi connectivity index (χ0v) is 11.7. The molecule has 1 aromatic heterocycles. The molecule has 100 valence electrons. The van der Waals surface area contributed by atoms with Crippen molar-refractivity contribution < 1.29 is 5.11 Å². The van der Waals surface area contributed by atoms with Crippen LogP contribution in [0.2, 0.25) is 0 Å². The van der Waals surface area contributed by atoms with E-state index in [2.05, 4.69) is 23.9 Å². The number of anilines is 1. The molecule has 0 spiro atoms. The maximum Gasteiger partial charge on any atom is 0.129 e. The van der Waals surface area contributed by atoms with Crippen LogP contribution in [0.15, 0.2) is 12.1 Å². The Balaban J connectivity index is 2.21. The molecule has 0 aromatic carbocycles. The monoisotopic (exact) mass is 248 g/mol. The molecule has 3 nitrogen and oxygen atoms in total. The summed E-state index contributed by atoms with van der Waals surface area (Å²) >= 11 is 0. The lowest BCUT2D eigenvalue weighted by Gasteiger charge is -2.37. The van der Waals surface area contributed by atoms with Crippen LogP contribution < -0.4 is 4.90 Å². The van der Waals surface area contributed by atoms with Gasteiger partial charge in [-0.2, -0.15) is 0 Å². The summed E-state index contributed by atoms with van der Waals surface area (Å²) in [6.07, 6.45) is 5.24. The van der Waals surface area contributed by atoms with Crippen molar-refractivity contribution in [3.63, 3.8) is 0 Å². The lowest BCUT2D eigenvalue weighted by molar-refractivity contribution is 0.281. The van der Waals surface area contributed by atoms with E-state index in [-0.39, 0.29) is 6.61 Å². The summed E-state index contributed by atoms with van der Waals surface area (Å²) in [4.78, 5) is 6.91. The van der Waals surface area contributed by atoms with Gasteiger partial charge in [0.05, 0.1) is 6.61 Å². The van der Waals surface area contributed by atoms with Gasteiger partial charge < -0.3 is 10.0 Å². The van der Waals surface area contributed by atoms with Gasteiger partial charge in [0.15, 0.2) is 0 Å². The molecule has 1 saturated carbocycles. The van der Waals surface area contributed by atoms with E-state index in [9.17, 15) is 5.11 Å². The summed E-state index contributed by atoms with van der Waals surface area (Å²) in [7, 11) is 2.13. The first-order valence-corrected chi connectivity index (χ1v) is 6.93. The second kappa shape index (κ2) is 5.70. The average molecular weight is 248 g/mol. The Morgan fingerprint density at radius 2 is 2.06 bits per heavy atom. The molecule has 0 aliphatic heterocycles. The Morgan fingerprint density at radius 3 is 2.72 bits per heavy atom. The molecule has 1 N–H and O–H groups in total. The third-order valence-corrected chi connectivity index (χ3v) is 4.11. The highest BCUT2D eigenvalue weighted by atomic mass is 16.3. The normalized spacial score (nSPS) is 24.0. The molecule has 1 aliphatic carbocycles. The number of aryl methyl sites for hydroxylation is 1. The number of rotatable bonds is 3. The number of nitrogens with zero attached hydrogens (tertiary/aromatic N) is 2. The van der Waals surface area contributed by atoms with Crippen molar-refractivity contribution in [3.8, 4) is 0 Å². The van der Waals surface area contributed by atoms with E-state index in [4.69, 9.17) is 0 Å². The van der Waals surface area contributed by atoms with Crippen LogP contribution in [0.3, 0.4) is 0 Å². The third kappa shape index (κ3) is 2.83. The van der Waals surface area contributed by atoms with Crippen molar-refractivity contribution in [1.82, 2.24) is 4.98 Å². The third-order valence-electron chi connectivity index (χ3n) is 4.11. The van der Waals surface area contributed by atoms with E-state index in [1.54, 1.807) is 0 Å². The fraction of sp³-hybridized carbons (Fsp3) is 0.667. The van der Waals surface area contributed by atoms with Gasteiger partial charge >= 0.3 is 0 Å². The Bertz CT molecular complexity index is 405. The summed E-state index contributed by atoms with van der Waals surface area (Å²) < 4.78 is 0. The van der Waals surface area contributed by atoms with Crippen LogP contribution in [0.1, 0.15) is 43.9 Å². The fourth-order valence-electron chi connectivity index (χ4n) is 3.03. The van der Waals surface area contributed by atoms with Crippen LogP contribution >= 0.6 is 0 Å². The highest BCUT2D eigenvalue weighted by Crippen LogP contribution is 2.30. The Morgan fingerprint density at radius 1 is 1.33 bits per heavy atom. The number of hydrogen-bond acceptors (Lipinski definition) is 3. The summed E-state index contributed by atoms with van der Waals surface area (Å²) in [5, 5.41) is 9.28. The van der Waals surface area contributed by atoms with Gasteiger partial charge in [0, 0.05) is 18.8 Å². The molecule has 1 fully saturated rings. The first kappa shape index (κ1) is 13.3. The van der Waals surface area contributed by atoms with Gasteiger partial charge in [-0.05, 0) is 43.4 Å². The first-order chi connectivity index (χ1) is 8.61. The maximum atomic E-state index is 9.28. The molecule has 1 aromatic rings. The van der Waals surface area contributed by atoms with E-state index >= 15 is 0 Å². The molecule has 3 heteroatoms. The fourth-order valence-corrected chi connectivity index (χ4v) is 3.03. The minimum atomic E-state index is 0.0877. The van der Waals surface area contributed by atoms with E-state index in [0.29, 0.717) is 6.04 Å². The van der Waals surface area contributed by atoms with E-state index in [0.717, 1.165) is 23.0 Å². The maximum absolute atomic E-state index is 9.28. The lowest BCUT2D eigenvalue weighted by Crippen LogP contribution is -2.39. The smallest absolute Gasteiger partial charge is 0.129 e. The Kier molecular flexibility index (Phi) is 4.23. The lowest BCUT2D eigenvalue weighted by atomic mass is 9.85. The topological polar surface area (TPSA) is 36.4 Å². The van der Waals surface area contributed by atoms with Crippen LogP contribution in [0.4, 0.5) is 5.82 Å². The summed E-state index contributed by atoms with van der Waals surface area (Å²) in [5.41, 5.74) is 1.93. The highest BCUT2D eigenvalue weighted by molar-refractivity contribution is 5.43. The second-order valence-electron chi connectivity index (χ2n) is 5.57. The first-order valence-electron chi connectivity index (χ1n) is 6.93. The van der Waals surface area contributed by atoms with E-state index in [1.807, 2.05) is 19.1 Å². The highest BCUT2D eigenvalue weighted by Gasteiger charge is 2.25. The van der Waals surface area contributed by atoms with Crippen molar-refractivity contribution in [2.24, 2.45) is 5.92 Å². The minimum absolute atomic E-state index is 0.0877. The van der Waals surface area contributed by atoms with Crippen LogP contribution in [0.25, 0.3) is 0 Å². The zero-order chi connectivity index (χ0) is 13.1. The molecular weight excluding hydrogens is 224 g/mol. The van der Waals surface area contributed by atoms with Gasteiger partial charge in [-0.3, -0.25) is 0 Å². The van der Waals surface area contributed by atoms with Crippen molar-refractivity contribution in [1.29, 1.82) is 0 Å².